The Kier molecular flexibility index (Phi) is 6.11. The smallest absolute Gasteiger partial charge is 0.274 e. The van der Waals surface area contributed by atoms with Crippen molar-refractivity contribution in [1.82, 2.24) is 24.6 Å². The van der Waals surface area contributed by atoms with Crippen LogP contribution < -0.4 is 0 Å². The summed E-state index contributed by atoms with van der Waals surface area (Å²) in [5.41, 5.74) is 2.02. The highest BCUT2D eigenvalue weighted by Gasteiger charge is 2.40. The van der Waals surface area contributed by atoms with Crippen molar-refractivity contribution < 1.29 is 22.7 Å². The van der Waals surface area contributed by atoms with Crippen LogP contribution in [-0.4, -0.2) is 97.5 Å². The molecule has 10 nitrogen and oxygen atoms in total. The van der Waals surface area contributed by atoms with Crippen molar-refractivity contribution in [2.45, 2.75) is 48.5 Å². The number of rotatable bonds is 3. The van der Waals surface area contributed by atoms with Crippen LogP contribution in [0.5, 0.6) is 0 Å². The first-order valence-electron chi connectivity index (χ1n) is 12.5. The molecule has 3 saturated heterocycles. The molecule has 35 heavy (non-hydrogen) atoms. The molecule has 0 aliphatic carbocycles. The zero-order chi connectivity index (χ0) is 24.0. The number of likely N-dealkylation sites (tertiary alicyclic amines) is 1. The third kappa shape index (κ3) is 4.18. The summed E-state index contributed by atoms with van der Waals surface area (Å²) in [6, 6.07) is 3.96. The SMILES string of the molecule is O=C(c1nn([C@H]2CCCN(C3CCCOC3)C2)c2c1CS(=O)(=O)c1ncccc1-2)N1CCOCC1. The molecule has 11 heteroatoms. The third-order valence-electron chi connectivity index (χ3n) is 7.59. The van der Waals surface area contributed by atoms with Gasteiger partial charge in [-0.15, -0.1) is 0 Å². The topological polar surface area (TPSA) is 107 Å². The lowest BCUT2D eigenvalue weighted by atomic mass is 10.00. The summed E-state index contributed by atoms with van der Waals surface area (Å²) >= 11 is 0. The molecule has 0 N–H and O–H groups in total. The molecule has 2 aromatic heterocycles. The molecule has 2 aromatic rings. The number of carbonyl (C=O) groups is 1. The van der Waals surface area contributed by atoms with Gasteiger partial charge >= 0.3 is 0 Å². The van der Waals surface area contributed by atoms with Crippen LogP contribution in [0.2, 0.25) is 0 Å². The molecule has 1 unspecified atom stereocenters. The summed E-state index contributed by atoms with van der Waals surface area (Å²) in [6.07, 6.45) is 5.63. The summed E-state index contributed by atoms with van der Waals surface area (Å²) < 4.78 is 39.4. The average Bonchev–Trinajstić information content (AvgIpc) is 3.28. The fraction of sp³-hybridized carbons (Fsp3) is 0.625. The van der Waals surface area contributed by atoms with Crippen LogP contribution in [-0.2, 0) is 25.1 Å². The molecule has 0 aromatic carbocycles. The highest BCUT2D eigenvalue weighted by atomic mass is 32.2. The van der Waals surface area contributed by atoms with Crippen LogP contribution >= 0.6 is 0 Å². The molecule has 4 aliphatic heterocycles. The summed E-state index contributed by atoms with van der Waals surface area (Å²) in [7, 11) is -3.67. The van der Waals surface area contributed by atoms with Gasteiger partial charge in [-0.25, -0.2) is 13.4 Å². The standard InChI is InChI=1S/C24H31N5O5S/c30-24(27-9-12-33-13-10-27)21-20-16-35(31,32)23-19(6-1-7-25-23)22(20)29(26-21)17-4-2-8-28(14-17)18-5-3-11-34-15-18/h1,6-7,17-18H,2-5,8-16H2/t17-,18?/m0/s1. The van der Waals surface area contributed by atoms with Gasteiger partial charge in [0.2, 0.25) is 9.84 Å². The van der Waals surface area contributed by atoms with Crippen LogP contribution in [0, 0.1) is 0 Å². The minimum Gasteiger partial charge on any atom is -0.380 e. The number of hydrogen-bond donors (Lipinski definition) is 0. The average molecular weight is 502 g/mol. The Hall–Kier alpha value is -2.34. The Bertz CT molecular complexity index is 1220. The zero-order valence-electron chi connectivity index (χ0n) is 19.8. The summed E-state index contributed by atoms with van der Waals surface area (Å²) in [6.45, 7) is 5.28. The van der Waals surface area contributed by atoms with E-state index in [0.29, 0.717) is 43.5 Å². The minimum atomic E-state index is -3.67. The van der Waals surface area contributed by atoms with Gasteiger partial charge in [-0.3, -0.25) is 14.4 Å². The zero-order valence-corrected chi connectivity index (χ0v) is 20.6. The van der Waals surface area contributed by atoms with Crippen molar-refractivity contribution in [2.24, 2.45) is 0 Å². The summed E-state index contributed by atoms with van der Waals surface area (Å²) in [4.78, 5) is 22.0. The van der Waals surface area contributed by atoms with E-state index in [2.05, 4.69) is 9.88 Å². The number of ether oxygens (including phenoxy) is 2. The quantitative estimate of drug-likeness (QED) is 0.623. The van der Waals surface area contributed by atoms with Crippen LogP contribution in [0.15, 0.2) is 23.4 Å². The molecule has 3 fully saturated rings. The van der Waals surface area contributed by atoms with E-state index in [-0.39, 0.29) is 28.4 Å². The van der Waals surface area contributed by atoms with Crippen LogP contribution in [0.25, 0.3) is 11.3 Å². The maximum atomic E-state index is 13.6. The number of nitrogens with zero attached hydrogens (tertiary/aromatic N) is 5. The monoisotopic (exact) mass is 501 g/mol. The van der Waals surface area contributed by atoms with E-state index in [9.17, 15) is 13.2 Å². The summed E-state index contributed by atoms with van der Waals surface area (Å²) in [5, 5.41) is 4.95. The van der Waals surface area contributed by atoms with E-state index in [1.807, 2.05) is 4.68 Å². The Labute approximate surface area is 205 Å². The van der Waals surface area contributed by atoms with Gasteiger partial charge in [0.25, 0.3) is 5.91 Å². The minimum absolute atomic E-state index is 0.0412. The van der Waals surface area contributed by atoms with Crippen molar-refractivity contribution in [1.29, 1.82) is 0 Å². The second-order valence-corrected chi connectivity index (χ2v) is 11.7. The fourth-order valence-electron chi connectivity index (χ4n) is 5.85. The molecule has 1 amide bonds. The van der Waals surface area contributed by atoms with E-state index in [1.165, 1.54) is 6.20 Å². The molecule has 188 valence electrons. The number of carbonyl (C=O) groups excluding carboxylic acids is 1. The molecular formula is C24H31N5O5S. The van der Waals surface area contributed by atoms with E-state index in [4.69, 9.17) is 14.6 Å². The van der Waals surface area contributed by atoms with E-state index < -0.39 is 9.84 Å². The third-order valence-corrected chi connectivity index (χ3v) is 9.17. The van der Waals surface area contributed by atoms with Gasteiger partial charge in [0.15, 0.2) is 10.7 Å². The molecule has 0 saturated carbocycles. The number of fused-ring (bicyclic) bond motifs is 3. The maximum Gasteiger partial charge on any atom is 0.274 e. The summed E-state index contributed by atoms with van der Waals surface area (Å²) in [5.74, 6) is -0.482. The lowest BCUT2D eigenvalue weighted by Crippen LogP contribution is -2.47. The van der Waals surface area contributed by atoms with E-state index >= 15 is 0 Å². The number of pyridine rings is 1. The molecule has 4 aliphatic rings. The van der Waals surface area contributed by atoms with Crippen molar-refractivity contribution in [3.05, 3.63) is 29.6 Å². The van der Waals surface area contributed by atoms with Crippen molar-refractivity contribution in [3.8, 4) is 11.3 Å². The second kappa shape index (κ2) is 9.27. The van der Waals surface area contributed by atoms with Crippen LogP contribution in [0.3, 0.4) is 0 Å². The van der Waals surface area contributed by atoms with Gasteiger partial charge in [-0.05, 0) is 44.4 Å². The Balaban J connectivity index is 1.43. The van der Waals surface area contributed by atoms with Crippen molar-refractivity contribution >= 4 is 15.7 Å². The first-order valence-corrected chi connectivity index (χ1v) is 14.2. The van der Waals surface area contributed by atoms with Crippen LogP contribution in [0.1, 0.15) is 47.8 Å². The van der Waals surface area contributed by atoms with Crippen LogP contribution in [0.4, 0.5) is 0 Å². The van der Waals surface area contributed by atoms with Crippen molar-refractivity contribution in [3.63, 3.8) is 0 Å². The van der Waals surface area contributed by atoms with E-state index in [0.717, 1.165) is 57.7 Å². The predicted octanol–water partition coefficient (Wildman–Crippen LogP) is 1.52. The first kappa shape index (κ1) is 23.1. The van der Waals surface area contributed by atoms with Gasteiger partial charge in [-0.2, -0.15) is 5.10 Å². The second-order valence-electron chi connectivity index (χ2n) is 9.80. The predicted molar refractivity (Wildman–Crippen MR) is 127 cm³/mol. The Morgan fingerprint density at radius 1 is 1.03 bits per heavy atom. The molecule has 0 bridgehead atoms. The first-order chi connectivity index (χ1) is 17.0. The number of aromatic nitrogens is 3. The number of morpholine rings is 1. The normalized spacial score (nSPS) is 26.7. The van der Waals surface area contributed by atoms with Crippen molar-refractivity contribution in [2.75, 3.05) is 52.6 Å². The highest BCUT2D eigenvalue weighted by molar-refractivity contribution is 7.90. The number of piperidine rings is 1. The molecule has 0 radical (unpaired) electrons. The van der Waals surface area contributed by atoms with Gasteiger partial charge < -0.3 is 14.4 Å². The molecule has 0 spiro atoms. The van der Waals surface area contributed by atoms with Gasteiger partial charge in [0, 0.05) is 49.6 Å². The van der Waals surface area contributed by atoms with Gasteiger partial charge in [0.05, 0.1) is 37.3 Å². The highest BCUT2D eigenvalue weighted by Crippen LogP contribution is 2.41. The molecule has 2 atom stereocenters. The number of amides is 1. The Morgan fingerprint density at radius 3 is 2.66 bits per heavy atom. The number of sulfone groups is 1. The molecular weight excluding hydrogens is 470 g/mol. The molecule has 6 heterocycles. The van der Waals surface area contributed by atoms with Gasteiger partial charge in [-0.1, -0.05) is 0 Å². The number of hydrogen-bond acceptors (Lipinski definition) is 8. The Morgan fingerprint density at radius 2 is 1.86 bits per heavy atom. The molecule has 6 rings (SSSR count). The van der Waals surface area contributed by atoms with E-state index in [1.54, 1.807) is 17.0 Å². The van der Waals surface area contributed by atoms with Gasteiger partial charge in [0.1, 0.15) is 0 Å². The lowest BCUT2D eigenvalue weighted by molar-refractivity contribution is 0.00208. The fourth-order valence-corrected chi connectivity index (χ4v) is 7.36. The lowest BCUT2D eigenvalue weighted by Gasteiger charge is -2.40. The largest absolute Gasteiger partial charge is 0.380 e. The maximum absolute atomic E-state index is 13.6.